The highest BCUT2D eigenvalue weighted by Gasteiger charge is 2.44. The lowest BCUT2D eigenvalue weighted by atomic mass is 9.71. The second-order valence-electron chi connectivity index (χ2n) is 6.31. The van der Waals surface area contributed by atoms with Crippen LogP contribution in [0.2, 0.25) is 5.28 Å². The predicted molar refractivity (Wildman–Crippen MR) is 75.3 cm³/mol. The van der Waals surface area contributed by atoms with Gasteiger partial charge in [-0.2, -0.15) is 4.98 Å². The van der Waals surface area contributed by atoms with Gasteiger partial charge in [0.15, 0.2) is 11.6 Å². The predicted octanol–water partition coefficient (Wildman–Crippen LogP) is 3.21. The Morgan fingerprint density at radius 1 is 1.40 bits per heavy atom. The number of carbonyl (C=O) groups is 1. The van der Waals surface area contributed by atoms with Gasteiger partial charge in [-0.3, -0.25) is 4.79 Å². The van der Waals surface area contributed by atoms with Crippen molar-refractivity contribution < 1.29 is 14.3 Å². The van der Waals surface area contributed by atoms with E-state index >= 15 is 0 Å². The Balaban J connectivity index is 3.21. The molecule has 0 amide bonds. The first-order valence-electron chi connectivity index (χ1n) is 6.14. The van der Waals surface area contributed by atoms with Gasteiger partial charge in [-0.15, -0.1) is 0 Å². The van der Waals surface area contributed by atoms with E-state index in [1.165, 1.54) is 0 Å². The molecule has 1 aromatic heterocycles. The third kappa shape index (κ3) is 3.56. The van der Waals surface area contributed by atoms with E-state index in [2.05, 4.69) is 15.3 Å². The van der Waals surface area contributed by atoms with E-state index in [0.29, 0.717) is 0 Å². The number of rotatable bonds is 4. The number of hydrogen-bond donors (Lipinski definition) is 2. The molecule has 0 aliphatic carbocycles. The minimum atomic E-state index is -1.12. The van der Waals surface area contributed by atoms with Gasteiger partial charge >= 0.3 is 5.97 Å². The molecule has 112 valence electrons. The van der Waals surface area contributed by atoms with Gasteiger partial charge in [0, 0.05) is 6.04 Å². The maximum atomic E-state index is 13.7. The number of hydrogen-bond acceptors (Lipinski definition) is 4. The molecule has 0 bridgehead atoms. The normalized spacial score (nSPS) is 13.9. The largest absolute Gasteiger partial charge is 0.481 e. The summed E-state index contributed by atoms with van der Waals surface area (Å²) in [5.74, 6) is -1.76. The van der Waals surface area contributed by atoms with Crippen molar-refractivity contribution in [2.24, 2.45) is 10.8 Å². The number of halogens is 2. The van der Waals surface area contributed by atoms with Crippen molar-refractivity contribution in [1.29, 1.82) is 0 Å². The van der Waals surface area contributed by atoms with Crippen LogP contribution in [0.4, 0.5) is 10.2 Å². The summed E-state index contributed by atoms with van der Waals surface area (Å²) in [5, 5.41) is 12.1. The third-order valence-electron chi connectivity index (χ3n) is 3.13. The highest BCUT2D eigenvalue weighted by molar-refractivity contribution is 6.28. The number of anilines is 1. The zero-order chi connectivity index (χ0) is 15.7. The van der Waals surface area contributed by atoms with Gasteiger partial charge in [-0.1, -0.05) is 20.8 Å². The van der Waals surface area contributed by atoms with E-state index < -0.39 is 28.7 Å². The molecule has 2 N–H and O–H groups in total. The molecule has 0 saturated heterocycles. The molecule has 1 atom stereocenters. The summed E-state index contributed by atoms with van der Waals surface area (Å²) in [6.45, 7) is 8.78. The van der Waals surface area contributed by atoms with Crippen LogP contribution in [0, 0.1) is 16.6 Å². The van der Waals surface area contributed by atoms with Crippen molar-refractivity contribution in [1.82, 2.24) is 9.97 Å². The Morgan fingerprint density at radius 2 is 1.95 bits per heavy atom. The molecule has 0 radical (unpaired) electrons. The van der Waals surface area contributed by atoms with Crippen LogP contribution in [0.15, 0.2) is 6.20 Å². The van der Waals surface area contributed by atoms with E-state index in [9.17, 15) is 14.3 Å². The average Bonchev–Trinajstić information content (AvgIpc) is 2.28. The fraction of sp³-hybridized carbons (Fsp3) is 0.615. The number of nitrogens with zero attached hydrogens (tertiary/aromatic N) is 2. The van der Waals surface area contributed by atoms with E-state index in [0.717, 1.165) is 6.20 Å². The summed E-state index contributed by atoms with van der Waals surface area (Å²) >= 11 is 5.65. The van der Waals surface area contributed by atoms with Crippen LogP contribution in [0.25, 0.3) is 0 Å². The van der Waals surface area contributed by atoms with Gasteiger partial charge in [0.2, 0.25) is 5.28 Å². The highest BCUT2D eigenvalue weighted by atomic mass is 35.5. The molecule has 0 saturated carbocycles. The van der Waals surface area contributed by atoms with Crippen LogP contribution >= 0.6 is 11.6 Å². The minimum Gasteiger partial charge on any atom is -0.481 e. The monoisotopic (exact) mass is 303 g/mol. The van der Waals surface area contributed by atoms with Gasteiger partial charge < -0.3 is 10.4 Å². The average molecular weight is 304 g/mol. The first kappa shape index (κ1) is 16.6. The molecule has 1 rings (SSSR count). The van der Waals surface area contributed by atoms with Crippen molar-refractivity contribution >= 4 is 23.4 Å². The van der Waals surface area contributed by atoms with Gasteiger partial charge in [-0.25, -0.2) is 9.37 Å². The highest BCUT2D eigenvalue weighted by Crippen LogP contribution is 2.36. The molecule has 5 nitrogen and oxygen atoms in total. The Kier molecular flexibility index (Phi) is 4.59. The van der Waals surface area contributed by atoms with Gasteiger partial charge in [0.05, 0.1) is 11.6 Å². The van der Waals surface area contributed by atoms with E-state index in [4.69, 9.17) is 11.6 Å². The molecule has 0 spiro atoms. The summed E-state index contributed by atoms with van der Waals surface area (Å²) in [5.41, 5.74) is -1.56. The molecule has 7 heteroatoms. The smallest absolute Gasteiger partial charge is 0.311 e. The maximum absolute atomic E-state index is 13.7. The van der Waals surface area contributed by atoms with Crippen LogP contribution in [0.5, 0.6) is 0 Å². The van der Waals surface area contributed by atoms with Crippen molar-refractivity contribution in [3.63, 3.8) is 0 Å². The number of carboxylic acids is 1. The Morgan fingerprint density at radius 3 is 2.40 bits per heavy atom. The molecule has 20 heavy (non-hydrogen) atoms. The van der Waals surface area contributed by atoms with Crippen LogP contribution in [0.1, 0.15) is 34.6 Å². The summed E-state index contributed by atoms with van der Waals surface area (Å²) in [6, 6.07) is -0.562. The lowest BCUT2D eigenvalue weighted by molar-refractivity contribution is -0.149. The lowest BCUT2D eigenvalue weighted by Crippen LogP contribution is -2.50. The Hall–Kier alpha value is -1.43. The fourth-order valence-electron chi connectivity index (χ4n) is 2.19. The van der Waals surface area contributed by atoms with Gasteiger partial charge in [-0.05, 0) is 30.9 Å². The first-order valence-corrected chi connectivity index (χ1v) is 6.52. The zero-order valence-corrected chi connectivity index (χ0v) is 12.9. The fourth-order valence-corrected chi connectivity index (χ4v) is 2.32. The summed E-state index contributed by atoms with van der Waals surface area (Å²) in [6.07, 6.45) is 0.950. The summed E-state index contributed by atoms with van der Waals surface area (Å²) in [4.78, 5) is 18.8. The van der Waals surface area contributed by atoms with E-state index in [1.54, 1.807) is 13.8 Å². The zero-order valence-electron chi connectivity index (χ0n) is 12.2. The molecule has 0 aliphatic heterocycles. The van der Waals surface area contributed by atoms with Crippen molar-refractivity contribution in [2.75, 3.05) is 5.32 Å². The molecule has 0 aromatic carbocycles. The van der Waals surface area contributed by atoms with Crippen molar-refractivity contribution in [2.45, 2.75) is 40.7 Å². The van der Waals surface area contributed by atoms with Crippen molar-refractivity contribution in [3.8, 4) is 0 Å². The van der Waals surface area contributed by atoms with Crippen LogP contribution < -0.4 is 5.32 Å². The molecular formula is C13H19ClFN3O2. The molecule has 0 aliphatic rings. The molecule has 0 unspecified atom stereocenters. The summed E-state index contributed by atoms with van der Waals surface area (Å²) in [7, 11) is 0. The SMILES string of the molecule is CC(C)(C)[C@@H](Nc1nc(Cl)ncc1F)C(C)(C)C(=O)O. The topological polar surface area (TPSA) is 75.1 Å². The van der Waals surface area contributed by atoms with Crippen molar-refractivity contribution in [3.05, 3.63) is 17.3 Å². The number of aliphatic carboxylic acids is 1. The molecule has 0 fully saturated rings. The minimum absolute atomic E-state index is 0.0979. The van der Waals surface area contributed by atoms with E-state index in [-0.39, 0.29) is 11.1 Å². The molecule has 1 aromatic rings. The lowest BCUT2D eigenvalue weighted by Gasteiger charge is -2.40. The van der Waals surface area contributed by atoms with Crippen LogP contribution in [-0.2, 0) is 4.79 Å². The Bertz CT molecular complexity index is 515. The van der Waals surface area contributed by atoms with Gasteiger partial charge in [0.1, 0.15) is 0 Å². The Labute approximate surface area is 122 Å². The molecule has 1 heterocycles. The summed E-state index contributed by atoms with van der Waals surface area (Å²) < 4.78 is 13.7. The van der Waals surface area contributed by atoms with Crippen LogP contribution in [0.3, 0.4) is 0 Å². The maximum Gasteiger partial charge on any atom is 0.311 e. The third-order valence-corrected chi connectivity index (χ3v) is 3.32. The second-order valence-corrected chi connectivity index (χ2v) is 6.64. The van der Waals surface area contributed by atoms with Crippen LogP contribution in [-0.4, -0.2) is 27.1 Å². The van der Waals surface area contributed by atoms with Gasteiger partial charge in [0.25, 0.3) is 0 Å². The number of carboxylic acid groups (broad SMARTS) is 1. The number of aromatic nitrogens is 2. The quantitative estimate of drug-likeness (QED) is 0.835. The standard InChI is InChI=1S/C13H19ClFN3O2/c1-12(2,3)9(13(4,5)10(19)20)17-8-7(15)6-16-11(14)18-8/h6,9H,1-5H3,(H,19,20)(H,16,17,18)/t9-/m1/s1. The second kappa shape index (κ2) is 5.52. The van der Waals surface area contributed by atoms with E-state index in [1.807, 2.05) is 20.8 Å². The number of nitrogens with one attached hydrogen (secondary N) is 1. The molecular weight excluding hydrogens is 285 g/mol. The first-order chi connectivity index (χ1) is 8.96.